The quantitative estimate of drug-likeness (QED) is 0.728. The van der Waals surface area contributed by atoms with Gasteiger partial charge in [-0.2, -0.15) is 0 Å². The normalized spacial score (nSPS) is 18.0. The molecule has 4 nitrogen and oxygen atoms in total. The summed E-state index contributed by atoms with van der Waals surface area (Å²) < 4.78 is 5.64. The third-order valence-corrected chi connectivity index (χ3v) is 4.45. The average molecular weight is 337 g/mol. The van der Waals surface area contributed by atoms with Crippen LogP contribution < -0.4 is 0 Å². The molecule has 0 amide bonds. The molecule has 0 saturated carbocycles. The molecule has 3 rings (SSSR count). The van der Waals surface area contributed by atoms with Gasteiger partial charge in [0.05, 0.1) is 6.61 Å². The molecule has 2 aromatic carbocycles. The number of morpholine rings is 1. The fraction of sp³-hybridized carbons (Fsp3) is 0.333. The molecular weight excluding hydrogens is 314 g/mol. The molecule has 1 fully saturated rings. The minimum absolute atomic E-state index is 0.00546. The summed E-state index contributed by atoms with van der Waals surface area (Å²) in [6, 6.07) is 19.3. The van der Waals surface area contributed by atoms with Crippen LogP contribution in [0.2, 0.25) is 0 Å². The topological polar surface area (TPSA) is 46.6 Å². The summed E-state index contributed by atoms with van der Waals surface area (Å²) in [5.74, 6) is 0.0212. The zero-order valence-corrected chi connectivity index (χ0v) is 14.3. The highest BCUT2D eigenvalue weighted by Crippen LogP contribution is 2.14. The summed E-state index contributed by atoms with van der Waals surface area (Å²) >= 11 is 0. The van der Waals surface area contributed by atoms with Crippen LogP contribution in [0.1, 0.15) is 28.8 Å². The number of ketones is 2. The average Bonchev–Trinajstić information content (AvgIpc) is 2.67. The van der Waals surface area contributed by atoms with E-state index in [1.807, 2.05) is 36.4 Å². The third kappa shape index (κ3) is 5.08. The van der Waals surface area contributed by atoms with Crippen LogP contribution in [0.5, 0.6) is 0 Å². The molecule has 0 bridgehead atoms. The molecule has 25 heavy (non-hydrogen) atoms. The molecule has 0 spiro atoms. The van der Waals surface area contributed by atoms with E-state index in [9.17, 15) is 9.59 Å². The molecule has 0 N–H and O–H groups in total. The van der Waals surface area contributed by atoms with Crippen LogP contribution in [0, 0.1) is 0 Å². The van der Waals surface area contributed by atoms with Crippen LogP contribution in [0.15, 0.2) is 60.7 Å². The zero-order valence-electron chi connectivity index (χ0n) is 14.3. The maximum Gasteiger partial charge on any atom is 0.163 e. The summed E-state index contributed by atoms with van der Waals surface area (Å²) in [6.07, 6.45) is 0.0416. The molecule has 1 atom stereocenters. The van der Waals surface area contributed by atoms with Gasteiger partial charge in [-0.3, -0.25) is 14.5 Å². The molecule has 0 aliphatic carbocycles. The summed E-state index contributed by atoms with van der Waals surface area (Å²) in [4.78, 5) is 26.8. The highest BCUT2D eigenvalue weighted by Gasteiger charge is 2.26. The lowest BCUT2D eigenvalue weighted by atomic mass is 10.0. The Morgan fingerprint density at radius 1 is 0.960 bits per heavy atom. The standard InChI is InChI=1S/C21H23NO3/c23-19(18-9-5-2-6-10-18)11-12-20(24)21-16-22(13-14-25-21)15-17-7-3-1-4-8-17/h1-10,21H,11-16H2. The monoisotopic (exact) mass is 337 g/mol. The Morgan fingerprint density at radius 2 is 1.64 bits per heavy atom. The Morgan fingerprint density at radius 3 is 2.36 bits per heavy atom. The lowest BCUT2D eigenvalue weighted by Gasteiger charge is -2.32. The van der Waals surface area contributed by atoms with E-state index in [0.717, 1.165) is 13.1 Å². The molecule has 130 valence electrons. The highest BCUT2D eigenvalue weighted by molar-refractivity contribution is 5.98. The van der Waals surface area contributed by atoms with E-state index < -0.39 is 6.10 Å². The Kier molecular flexibility index (Phi) is 6.09. The second-order valence-corrected chi connectivity index (χ2v) is 6.34. The Labute approximate surface area is 148 Å². The number of ether oxygens (including phenoxy) is 1. The Bertz CT molecular complexity index is 700. The minimum atomic E-state index is -0.430. The molecule has 4 heteroatoms. The van der Waals surface area contributed by atoms with Crippen molar-refractivity contribution in [2.45, 2.75) is 25.5 Å². The molecule has 1 saturated heterocycles. The largest absolute Gasteiger partial charge is 0.368 e. The van der Waals surface area contributed by atoms with Crippen molar-refractivity contribution in [3.8, 4) is 0 Å². The van der Waals surface area contributed by atoms with Gasteiger partial charge < -0.3 is 4.74 Å². The van der Waals surface area contributed by atoms with Crippen molar-refractivity contribution in [1.82, 2.24) is 4.90 Å². The number of benzene rings is 2. The molecule has 1 aliphatic rings. The van der Waals surface area contributed by atoms with E-state index in [1.54, 1.807) is 12.1 Å². The predicted molar refractivity (Wildman–Crippen MR) is 96.5 cm³/mol. The van der Waals surface area contributed by atoms with Crippen molar-refractivity contribution in [3.63, 3.8) is 0 Å². The van der Waals surface area contributed by atoms with Crippen molar-refractivity contribution in [3.05, 3.63) is 71.8 Å². The first kappa shape index (κ1) is 17.5. The second kappa shape index (κ2) is 8.70. The smallest absolute Gasteiger partial charge is 0.163 e. The minimum Gasteiger partial charge on any atom is -0.368 e. The van der Waals surface area contributed by atoms with Gasteiger partial charge in [-0.25, -0.2) is 0 Å². The fourth-order valence-corrected chi connectivity index (χ4v) is 3.05. The first-order chi connectivity index (χ1) is 12.2. The van der Waals surface area contributed by atoms with Gasteiger partial charge >= 0.3 is 0 Å². The first-order valence-corrected chi connectivity index (χ1v) is 8.71. The van der Waals surface area contributed by atoms with E-state index in [0.29, 0.717) is 18.7 Å². The molecule has 0 aromatic heterocycles. The van der Waals surface area contributed by atoms with E-state index in [2.05, 4.69) is 17.0 Å². The maximum absolute atomic E-state index is 12.4. The molecule has 2 aromatic rings. The first-order valence-electron chi connectivity index (χ1n) is 8.71. The summed E-state index contributed by atoms with van der Waals surface area (Å²) in [7, 11) is 0. The van der Waals surface area contributed by atoms with Crippen LogP contribution in [-0.4, -0.2) is 42.3 Å². The fourth-order valence-electron chi connectivity index (χ4n) is 3.05. The molecule has 1 heterocycles. The maximum atomic E-state index is 12.4. The predicted octanol–water partition coefficient (Wildman–Crippen LogP) is 3.12. The number of nitrogens with zero attached hydrogens (tertiary/aromatic N) is 1. The summed E-state index contributed by atoms with van der Waals surface area (Å²) in [5.41, 5.74) is 1.89. The van der Waals surface area contributed by atoms with Crippen LogP contribution in [0.4, 0.5) is 0 Å². The number of hydrogen-bond donors (Lipinski definition) is 0. The van der Waals surface area contributed by atoms with E-state index in [-0.39, 0.29) is 24.4 Å². The number of Topliss-reactive ketones (excluding diaryl/α,β-unsaturated/α-hetero) is 2. The van der Waals surface area contributed by atoms with Crippen LogP contribution >= 0.6 is 0 Å². The Balaban J connectivity index is 1.49. The number of rotatable bonds is 7. The van der Waals surface area contributed by atoms with E-state index in [4.69, 9.17) is 4.74 Å². The van der Waals surface area contributed by atoms with Gasteiger partial charge in [0.2, 0.25) is 0 Å². The molecular formula is C21H23NO3. The van der Waals surface area contributed by atoms with Gasteiger partial charge in [0.15, 0.2) is 11.6 Å². The highest BCUT2D eigenvalue weighted by atomic mass is 16.5. The van der Waals surface area contributed by atoms with Crippen molar-refractivity contribution in [1.29, 1.82) is 0 Å². The van der Waals surface area contributed by atoms with Gasteiger partial charge in [0, 0.05) is 38.0 Å². The third-order valence-electron chi connectivity index (χ3n) is 4.45. The number of hydrogen-bond acceptors (Lipinski definition) is 4. The van der Waals surface area contributed by atoms with Crippen molar-refractivity contribution >= 4 is 11.6 Å². The van der Waals surface area contributed by atoms with E-state index in [1.165, 1.54) is 5.56 Å². The van der Waals surface area contributed by atoms with Gasteiger partial charge in [-0.05, 0) is 5.56 Å². The summed E-state index contributed by atoms with van der Waals surface area (Å²) in [5, 5.41) is 0. The van der Waals surface area contributed by atoms with Crippen molar-refractivity contribution < 1.29 is 14.3 Å². The van der Waals surface area contributed by atoms with Crippen LogP contribution in [0.25, 0.3) is 0 Å². The van der Waals surface area contributed by atoms with E-state index >= 15 is 0 Å². The van der Waals surface area contributed by atoms with Crippen molar-refractivity contribution in [2.24, 2.45) is 0 Å². The SMILES string of the molecule is O=C(CCC(=O)C1CN(Cc2ccccc2)CCO1)c1ccccc1. The van der Waals surface area contributed by atoms with Gasteiger partial charge in [0.25, 0.3) is 0 Å². The van der Waals surface area contributed by atoms with Crippen molar-refractivity contribution in [2.75, 3.05) is 19.7 Å². The number of carbonyl (C=O) groups excluding carboxylic acids is 2. The van der Waals surface area contributed by atoms with Gasteiger partial charge in [0.1, 0.15) is 6.10 Å². The van der Waals surface area contributed by atoms with Gasteiger partial charge in [-0.15, -0.1) is 0 Å². The zero-order chi connectivity index (χ0) is 17.5. The second-order valence-electron chi connectivity index (χ2n) is 6.34. The van der Waals surface area contributed by atoms with Crippen LogP contribution in [0.3, 0.4) is 0 Å². The lowest BCUT2D eigenvalue weighted by molar-refractivity contribution is -0.136. The summed E-state index contributed by atoms with van der Waals surface area (Å²) in [6.45, 7) is 2.78. The molecule has 1 unspecified atom stereocenters. The van der Waals surface area contributed by atoms with Crippen LogP contribution in [-0.2, 0) is 16.1 Å². The van der Waals surface area contributed by atoms with Gasteiger partial charge in [-0.1, -0.05) is 60.7 Å². The number of carbonyl (C=O) groups is 2. The molecule has 1 aliphatic heterocycles. The lowest BCUT2D eigenvalue weighted by Crippen LogP contribution is -2.45. The Hall–Kier alpha value is -2.30. The molecule has 0 radical (unpaired) electrons.